The predicted molar refractivity (Wildman–Crippen MR) is 89.1 cm³/mol. The van der Waals surface area contributed by atoms with Crippen LogP contribution in [0.5, 0.6) is 0 Å². The molecule has 1 fully saturated rings. The molecule has 2 unspecified atom stereocenters. The van der Waals surface area contributed by atoms with Crippen molar-refractivity contribution in [3.05, 3.63) is 51.7 Å². The van der Waals surface area contributed by atoms with Crippen molar-refractivity contribution in [2.24, 2.45) is 0 Å². The lowest BCUT2D eigenvalue weighted by molar-refractivity contribution is -0.0690. The Morgan fingerprint density at radius 2 is 2.18 bits per heavy atom. The van der Waals surface area contributed by atoms with E-state index in [1.165, 1.54) is 0 Å². The summed E-state index contributed by atoms with van der Waals surface area (Å²) in [4.78, 5) is 14.7. The second-order valence-corrected chi connectivity index (χ2v) is 6.56. The highest BCUT2D eigenvalue weighted by atomic mass is 32.1. The van der Waals surface area contributed by atoms with Crippen LogP contribution in [0, 0.1) is 6.92 Å². The van der Waals surface area contributed by atoms with E-state index in [1.54, 1.807) is 17.4 Å². The molecular formula is C17H20N2O2S. The predicted octanol–water partition coefficient (Wildman–Crippen LogP) is 3.24. The quantitative estimate of drug-likeness (QED) is 0.865. The molecule has 0 aliphatic carbocycles. The van der Waals surface area contributed by atoms with Gasteiger partial charge in [0.2, 0.25) is 0 Å². The highest BCUT2D eigenvalue weighted by molar-refractivity contribution is 7.07. The molecule has 0 bridgehead atoms. The number of rotatable bonds is 2. The van der Waals surface area contributed by atoms with E-state index >= 15 is 0 Å². The van der Waals surface area contributed by atoms with Gasteiger partial charge in [0, 0.05) is 17.8 Å². The van der Waals surface area contributed by atoms with E-state index in [4.69, 9.17) is 10.5 Å². The third-order valence-corrected chi connectivity index (χ3v) is 4.66. The van der Waals surface area contributed by atoms with Gasteiger partial charge in [0.1, 0.15) is 6.10 Å². The molecule has 116 valence electrons. The third-order valence-electron chi connectivity index (χ3n) is 3.95. The molecule has 1 aromatic heterocycles. The van der Waals surface area contributed by atoms with Gasteiger partial charge in [-0.1, -0.05) is 6.07 Å². The van der Waals surface area contributed by atoms with Crippen molar-refractivity contribution >= 4 is 22.9 Å². The molecule has 1 amide bonds. The number of amides is 1. The minimum Gasteiger partial charge on any atom is -0.399 e. The Bertz CT molecular complexity index is 669. The zero-order valence-corrected chi connectivity index (χ0v) is 13.6. The number of benzene rings is 1. The van der Waals surface area contributed by atoms with Crippen LogP contribution < -0.4 is 5.73 Å². The van der Waals surface area contributed by atoms with E-state index < -0.39 is 0 Å². The van der Waals surface area contributed by atoms with Gasteiger partial charge in [0.15, 0.2) is 0 Å². The Morgan fingerprint density at radius 1 is 1.36 bits per heavy atom. The van der Waals surface area contributed by atoms with Gasteiger partial charge in [-0.2, -0.15) is 11.3 Å². The van der Waals surface area contributed by atoms with Gasteiger partial charge in [-0.05, 0) is 53.9 Å². The summed E-state index contributed by atoms with van der Waals surface area (Å²) in [6.45, 7) is 5.12. The normalized spacial score (nSPS) is 21.8. The SMILES string of the molecule is Cc1ccc(N)cc1C(=O)N1CC(C)OC(c2ccsc2)C1. The summed E-state index contributed by atoms with van der Waals surface area (Å²) in [5.74, 6) is 0.0279. The maximum atomic E-state index is 12.9. The summed E-state index contributed by atoms with van der Waals surface area (Å²) < 4.78 is 5.99. The number of aryl methyl sites for hydroxylation is 1. The number of ether oxygens (including phenoxy) is 1. The van der Waals surface area contributed by atoms with Crippen LogP contribution in [0.3, 0.4) is 0 Å². The molecule has 3 rings (SSSR count). The molecule has 2 aromatic rings. The average Bonchev–Trinajstić information content (AvgIpc) is 3.03. The van der Waals surface area contributed by atoms with E-state index in [0.717, 1.165) is 11.1 Å². The molecule has 1 aromatic carbocycles. The summed E-state index contributed by atoms with van der Waals surface area (Å²) >= 11 is 1.64. The summed E-state index contributed by atoms with van der Waals surface area (Å²) in [6.07, 6.45) is -0.0377. The van der Waals surface area contributed by atoms with Crippen molar-refractivity contribution in [2.45, 2.75) is 26.1 Å². The van der Waals surface area contributed by atoms with E-state index in [2.05, 4.69) is 11.4 Å². The van der Waals surface area contributed by atoms with E-state index in [1.807, 2.05) is 36.3 Å². The van der Waals surface area contributed by atoms with E-state index in [-0.39, 0.29) is 18.1 Å². The number of nitrogen functional groups attached to an aromatic ring is 1. The molecular weight excluding hydrogens is 296 g/mol. The molecule has 0 saturated carbocycles. The lowest BCUT2D eigenvalue weighted by Crippen LogP contribution is -2.46. The van der Waals surface area contributed by atoms with Gasteiger partial charge in [-0.25, -0.2) is 0 Å². The number of carbonyl (C=O) groups excluding carboxylic acids is 1. The molecule has 5 heteroatoms. The number of anilines is 1. The summed E-state index contributed by atoms with van der Waals surface area (Å²) in [7, 11) is 0. The van der Waals surface area contributed by atoms with Crippen molar-refractivity contribution in [1.82, 2.24) is 4.90 Å². The first kappa shape index (κ1) is 15.1. The van der Waals surface area contributed by atoms with Crippen LogP contribution in [-0.2, 0) is 4.74 Å². The van der Waals surface area contributed by atoms with E-state index in [9.17, 15) is 4.79 Å². The number of hydrogen-bond acceptors (Lipinski definition) is 4. The number of carbonyl (C=O) groups is 1. The maximum absolute atomic E-state index is 12.9. The number of thiophene rings is 1. The topological polar surface area (TPSA) is 55.6 Å². The molecule has 22 heavy (non-hydrogen) atoms. The van der Waals surface area contributed by atoms with Crippen LogP contribution >= 0.6 is 11.3 Å². The number of morpholine rings is 1. The summed E-state index contributed by atoms with van der Waals surface area (Å²) in [5, 5.41) is 4.11. The summed E-state index contributed by atoms with van der Waals surface area (Å²) in [6, 6.07) is 7.53. The number of nitrogens with two attached hydrogens (primary N) is 1. The maximum Gasteiger partial charge on any atom is 0.254 e. The van der Waals surface area contributed by atoms with Crippen molar-refractivity contribution < 1.29 is 9.53 Å². The van der Waals surface area contributed by atoms with Gasteiger partial charge in [-0.3, -0.25) is 4.79 Å². The minimum atomic E-state index is -0.0553. The smallest absolute Gasteiger partial charge is 0.254 e. The Labute approximate surface area is 134 Å². The van der Waals surface area contributed by atoms with Crippen molar-refractivity contribution in [3.8, 4) is 0 Å². The Morgan fingerprint density at radius 3 is 2.91 bits per heavy atom. The van der Waals surface area contributed by atoms with Crippen LogP contribution in [0.15, 0.2) is 35.0 Å². The Kier molecular flexibility index (Phi) is 4.18. The monoisotopic (exact) mass is 316 g/mol. The fourth-order valence-electron chi connectivity index (χ4n) is 2.80. The highest BCUT2D eigenvalue weighted by Crippen LogP contribution is 2.28. The second kappa shape index (κ2) is 6.10. The minimum absolute atomic E-state index is 0.0176. The molecule has 2 N–H and O–H groups in total. The molecule has 0 radical (unpaired) electrons. The fourth-order valence-corrected chi connectivity index (χ4v) is 3.50. The fraction of sp³-hybridized carbons (Fsp3) is 0.353. The lowest BCUT2D eigenvalue weighted by Gasteiger charge is -2.37. The highest BCUT2D eigenvalue weighted by Gasteiger charge is 2.30. The Balaban J connectivity index is 1.84. The standard InChI is InChI=1S/C17H20N2O2S/c1-11-3-4-14(18)7-15(11)17(20)19-8-12(2)21-16(9-19)13-5-6-22-10-13/h3-7,10,12,16H,8-9,18H2,1-2H3. The molecule has 1 aliphatic heterocycles. The van der Waals surface area contributed by atoms with Crippen LogP contribution in [0.1, 0.15) is 34.5 Å². The van der Waals surface area contributed by atoms with Crippen molar-refractivity contribution in [2.75, 3.05) is 18.8 Å². The largest absolute Gasteiger partial charge is 0.399 e. The summed E-state index contributed by atoms with van der Waals surface area (Å²) in [5.41, 5.74) is 9.21. The molecule has 2 atom stereocenters. The van der Waals surface area contributed by atoms with Crippen molar-refractivity contribution in [1.29, 1.82) is 0 Å². The number of hydrogen-bond donors (Lipinski definition) is 1. The first-order valence-corrected chi connectivity index (χ1v) is 8.32. The molecule has 2 heterocycles. The third kappa shape index (κ3) is 3.00. The first-order valence-electron chi connectivity index (χ1n) is 7.37. The van der Waals surface area contributed by atoms with Gasteiger partial charge < -0.3 is 15.4 Å². The van der Waals surface area contributed by atoms with Crippen LogP contribution in [-0.4, -0.2) is 30.0 Å². The molecule has 0 spiro atoms. The Hall–Kier alpha value is -1.85. The zero-order valence-electron chi connectivity index (χ0n) is 12.8. The van der Waals surface area contributed by atoms with E-state index in [0.29, 0.717) is 24.3 Å². The average molecular weight is 316 g/mol. The molecule has 1 saturated heterocycles. The van der Waals surface area contributed by atoms with Crippen molar-refractivity contribution in [3.63, 3.8) is 0 Å². The van der Waals surface area contributed by atoms with Gasteiger partial charge in [0.05, 0.1) is 12.6 Å². The second-order valence-electron chi connectivity index (χ2n) is 5.78. The van der Waals surface area contributed by atoms with Crippen LogP contribution in [0.25, 0.3) is 0 Å². The first-order chi connectivity index (χ1) is 10.5. The van der Waals surface area contributed by atoms with Gasteiger partial charge >= 0.3 is 0 Å². The van der Waals surface area contributed by atoms with Gasteiger partial charge in [0.25, 0.3) is 5.91 Å². The number of nitrogens with zero attached hydrogens (tertiary/aromatic N) is 1. The van der Waals surface area contributed by atoms with Crippen LogP contribution in [0.2, 0.25) is 0 Å². The zero-order chi connectivity index (χ0) is 15.7. The molecule has 1 aliphatic rings. The van der Waals surface area contributed by atoms with Gasteiger partial charge in [-0.15, -0.1) is 0 Å². The molecule has 4 nitrogen and oxygen atoms in total. The lowest BCUT2D eigenvalue weighted by atomic mass is 10.0. The van der Waals surface area contributed by atoms with Crippen LogP contribution in [0.4, 0.5) is 5.69 Å².